The molecule has 1 unspecified atom stereocenters. The van der Waals surface area contributed by atoms with E-state index in [1.165, 1.54) is 0 Å². The summed E-state index contributed by atoms with van der Waals surface area (Å²) in [6.07, 6.45) is 2.28. The van der Waals surface area contributed by atoms with Crippen LogP contribution in [0.5, 0.6) is 0 Å². The lowest BCUT2D eigenvalue weighted by Gasteiger charge is -2.11. The molecule has 1 saturated heterocycles. The monoisotopic (exact) mass is 294 g/mol. The molecule has 5 nitrogen and oxygen atoms in total. The molecule has 2 N–H and O–H groups in total. The van der Waals surface area contributed by atoms with Gasteiger partial charge in [0.15, 0.2) is 9.84 Å². The molecular weight excluding hydrogens is 276 g/mol. The highest BCUT2D eigenvalue weighted by Crippen LogP contribution is 2.23. The van der Waals surface area contributed by atoms with Gasteiger partial charge >= 0.3 is 0 Å². The number of nitrogens with one attached hydrogen (secondary N) is 2. The Morgan fingerprint density at radius 3 is 3.00 bits per heavy atom. The number of amides is 1. The molecule has 1 aromatic rings. The van der Waals surface area contributed by atoms with Crippen molar-refractivity contribution < 1.29 is 13.2 Å². The Morgan fingerprint density at radius 1 is 1.40 bits per heavy atom. The van der Waals surface area contributed by atoms with Gasteiger partial charge in [-0.05, 0) is 43.0 Å². The number of anilines is 1. The number of carbonyl (C=O) groups excluding carboxylic acids is 1. The lowest BCUT2D eigenvalue weighted by atomic mass is 10.1. The molecule has 6 heteroatoms. The third-order valence-corrected chi connectivity index (χ3v) is 6.31. The fourth-order valence-electron chi connectivity index (χ4n) is 2.84. The molecular formula is C14H18N2O3S. The normalized spacial score (nSPS) is 23.1. The number of fused-ring (bicyclic) bond motifs is 1. The Kier molecular flexibility index (Phi) is 3.41. The van der Waals surface area contributed by atoms with E-state index < -0.39 is 15.1 Å². The molecule has 1 fully saturated rings. The highest BCUT2D eigenvalue weighted by Gasteiger charge is 2.31. The molecule has 1 aromatic carbocycles. The van der Waals surface area contributed by atoms with E-state index in [9.17, 15) is 13.2 Å². The van der Waals surface area contributed by atoms with Crippen LogP contribution in [0.3, 0.4) is 0 Å². The lowest BCUT2D eigenvalue weighted by Crippen LogP contribution is -2.34. The minimum absolute atomic E-state index is 0.193. The molecule has 108 valence electrons. The van der Waals surface area contributed by atoms with Gasteiger partial charge in [-0.25, -0.2) is 8.42 Å². The average molecular weight is 294 g/mol. The molecule has 2 aliphatic heterocycles. The van der Waals surface area contributed by atoms with Crippen LogP contribution in [0.2, 0.25) is 0 Å². The first-order valence-electron chi connectivity index (χ1n) is 6.93. The fourth-order valence-corrected chi connectivity index (χ4v) is 4.61. The Hall–Kier alpha value is -1.56. The number of sulfone groups is 1. The third kappa shape index (κ3) is 2.52. The Labute approximate surface area is 118 Å². The largest absolute Gasteiger partial charge is 0.384 e. The summed E-state index contributed by atoms with van der Waals surface area (Å²) in [6, 6.07) is 5.56. The molecule has 20 heavy (non-hydrogen) atoms. The van der Waals surface area contributed by atoms with E-state index in [0.29, 0.717) is 18.4 Å². The molecule has 1 amide bonds. The second-order valence-corrected chi connectivity index (χ2v) is 7.79. The van der Waals surface area contributed by atoms with Crippen molar-refractivity contribution in [2.45, 2.75) is 24.5 Å². The molecule has 0 aromatic heterocycles. The van der Waals surface area contributed by atoms with E-state index in [2.05, 4.69) is 10.6 Å². The lowest BCUT2D eigenvalue weighted by molar-refractivity contribution is 0.0953. The van der Waals surface area contributed by atoms with Crippen molar-refractivity contribution in [1.82, 2.24) is 5.32 Å². The summed E-state index contributed by atoms with van der Waals surface area (Å²) >= 11 is 0. The van der Waals surface area contributed by atoms with Gasteiger partial charge in [0.25, 0.3) is 5.91 Å². The Balaban J connectivity index is 1.65. The van der Waals surface area contributed by atoms with Crippen LogP contribution in [0.4, 0.5) is 5.69 Å². The quantitative estimate of drug-likeness (QED) is 0.871. The summed E-state index contributed by atoms with van der Waals surface area (Å²) in [4.78, 5) is 12.1. The van der Waals surface area contributed by atoms with Gasteiger partial charge in [-0.15, -0.1) is 0 Å². The molecule has 1 atom stereocenters. The van der Waals surface area contributed by atoms with Gasteiger partial charge in [0.2, 0.25) is 0 Å². The van der Waals surface area contributed by atoms with E-state index in [1.54, 1.807) is 6.07 Å². The van der Waals surface area contributed by atoms with E-state index in [1.807, 2.05) is 12.1 Å². The first-order chi connectivity index (χ1) is 9.56. The number of benzene rings is 1. The second kappa shape index (κ2) is 5.09. The summed E-state index contributed by atoms with van der Waals surface area (Å²) in [5.41, 5.74) is 2.83. The van der Waals surface area contributed by atoms with E-state index in [4.69, 9.17) is 0 Å². The summed E-state index contributed by atoms with van der Waals surface area (Å²) in [5.74, 6) is 0.0553. The molecule has 0 bridgehead atoms. The van der Waals surface area contributed by atoms with E-state index in [0.717, 1.165) is 24.2 Å². The number of rotatable bonds is 3. The maximum Gasteiger partial charge on any atom is 0.251 e. The number of hydrogen-bond acceptors (Lipinski definition) is 4. The van der Waals surface area contributed by atoms with Crippen molar-refractivity contribution in [2.24, 2.45) is 0 Å². The van der Waals surface area contributed by atoms with E-state index in [-0.39, 0.29) is 18.2 Å². The molecule has 0 spiro atoms. The molecule has 0 aliphatic carbocycles. The smallest absolute Gasteiger partial charge is 0.251 e. The minimum Gasteiger partial charge on any atom is -0.384 e. The molecule has 3 rings (SSSR count). The fraction of sp³-hybridized carbons (Fsp3) is 0.500. The average Bonchev–Trinajstić information content (AvgIpc) is 3.01. The summed E-state index contributed by atoms with van der Waals surface area (Å²) in [6.45, 7) is 1.12. The van der Waals surface area contributed by atoms with Crippen molar-refractivity contribution in [1.29, 1.82) is 0 Å². The molecule has 2 aliphatic rings. The zero-order valence-corrected chi connectivity index (χ0v) is 12.0. The third-order valence-electron chi connectivity index (χ3n) is 4.03. The first kappa shape index (κ1) is 13.4. The highest BCUT2D eigenvalue weighted by atomic mass is 32.2. The van der Waals surface area contributed by atoms with Crippen LogP contribution in [-0.2, 0) is 16.3 Å². The molecule has 2 heterocycles. The Morgan fingerprint density at radius 2 is 2.25 bits per heavy atom. The minimum atomic E-state index is -3.00. The number of carbonyl (C=O) groups is 1. The van der Waals surface area contributed by atoms with Crippen molar-refractivity contribution in [3.05, 3.63) is 29.3 Å². The van der Waals surface area contributed by atoms with Gasteiger partial charge in [-0.2, -0.15) is 0 Å². The van der Waals surface area contributed by atoms with Crippen molar-refractivity contribution in [3.8, 4) is 0 Å². The van der Waals surface area contributed by atoms with Crippen LogP contribution in [0.1, 0.15) is 28.8 Å². The summed E-state index contributed by atoms with van der Waals surface area (Å²) in [7, 11) is -3.00. The van der Waals surface area contributed by atoms with Gasteiger partial charge in [0.1, 0.15) is 0 Å². The maximum atomic E-state index is 12.1. The zero-order chi connectivity index (χ0) is 14.2. The van der Waals surface area contributed by atoms with Crippen LogP contribution in [0, 0.1) is 0 Å². The van der Waals surface area contributed by atoms with Crippen molar-refractivity contribution >= 4 is 21.4 Å². The van der Waals surface area contributed by atoms with Crippen LogP contribution in [0.25, 0.3) is 0 Å². The Bertz CT molecular complexity index is 640. The van der Waals surface area contributed by atoms with Gasteiger partial charge in [-0.1, -0.05) is 0 Å². The van der Waals surface area contributed by atoms with E-state index >= 15 is 0 Å². The van der Waals surface area contributed by atoms with Gasteiger partial charge in [0, 0.05) is 24.3 Å². The summed E-state index contributed by atoms with van der Waals surface area (Å²) < 4.78 is 23.4. The topological polar surface area (TPSA) is 75.3 Å². The SMILES string of the molecule is O=C(NCC1CCCS1(=O)=O)c1ccc2c(c1)CCN2. The van der Waals surface area contributed by atoms with Crippen LogP contribution in [-0.4, -0.2) is 38.4 Å². The second-order valence-electron chi connectivity index (χ2n) is 5.39. The van der Waals surface area contributed by atoms with Crippen molar-refractivity contribution in [3.63, 3.8) is 0 Å². The van der Waals surface area contributed by atoms with Crippen LogP contribution in [0.15, 0.2) is 18.2 Å². The predicted molar refractivity (Wildman–Crippen MR) is 77.8 cm³/mol. The molecule has 0 radical (unpaired) electrons. The van der Waals surface area contributed by atoms with Crippen LogP contribution >= 0.6 is 0 Å². The van der Waals surface area contributed by atoms with Crippen molar-refractivity contribution in [2.75, 3.05) is 24.2 Å². The van der Waals surface area contributed by atoms with Crippen LogP contribution < -0.4 is 10.6 Å². The molecule has 0 saturated carbocycles. The predicted octanol–water partition coefficient (Wildman–Crippen LogP) is 0.962. The maximum absolute atomic E-state index is 12.1. The first-order valence-corrected chi connectivity index (χ1v) is 8.64. The summed E-state index contributed by atoms with van der Waals surface area (Å²) in [5, 5.41) is 5.58. The van der Waals surface area contributed by atoms with Gasteiger partial charge in [0.05, 0.1) is 11.0 Å². The number of hydrogen-bond donors (Lipinski definition) is 2. The highest BCUT2D eigenvalue weighted by molar-refractivity contribution is 7.92. The van der Waals surface area contributed by atoms with Gasteiger partial charge in [-0.3, -0.25) is 4.79 Å². The standard InChI is InChI=1S/C14H18N2O3S/c17-14(16-9-12-2-1-7-20(12,18)19)11-3-4-13-10(8-11)5-6-15-13/h3-4,8,12,15H,1-2,5-7,9H2,(H,16,17). The zero-order valence-electron chi connectivity index (χ0n) is 11.2. The van der Waals surface area contributed by atoms with Gasteiger partial charge < -0.3 is 10.6 Å².